The van der Waals surface area contributed by atoms with Gasteiger partial charge in [-0.3, -0.25) is 14.4 Å². The van der Waals surface area contributed by atoms with E-state index in [-0.39, 0.29) is 5.91 Å². The Morgan fingerprint density at radius 3 is 2.55 bits per heavy atom. The Morgan fingerprint density at radius 1 is 1.14 bits per heavy atom. The number of rotatable bonds is 4. The molecule has 3 aromatic rings. The van der Waals surface area contributed by atoms with Gasteiger partial charge in [0.2, 0.25) is 0 Å². The minimum absolute atomic E-state index is 0.160. The number of methoxy groups -OCH3 is 2. The molecule has 1 N–H and O–H groups in total. The number of anilines is 2. The summed E-state index contributed by atoms with van der Waals surface area (Å²) >= 11 is 6.57. The van der Waals surface area contributed by atoms with Crippen LogP contribution in [-0.4, -0.2) is 29.9 Å². The lowest BCUT2D eigenvalue weighted by Gasteiger charge is -2.38. The van der Waals surface area contributed by atoms with Crippen molar-refractivity contribution in [3.05, 3.63) is 64.4 Å². The fourth-order valence-corrected chi connectivity index (χ4v) is 3.92. The van der Waals surface area contributed by atoms with Gasteiger partial charge in [0.15, 0.2) is 0 Å². The van der Waals surface area contributed by atoms with Crippen molar-refractivity contribution < 1.29 is 14.3 Å². The van der Waals surface area contributed by atoms with Crippen LogP contribution in [-0.2, 0) is 7.05 Å². The van der Waals surface area contributed by atoms with Crippen LogP contribution in [0.1, 0.15) is 27.8 Å². The maximum Gasteiger partial charge on any atom is 0.262 e. The third-order valence-electron chi connectivity index (χ3n) is 5.04. The molecule has 2 aromatic carbocycles. The summed E-state index contributed by atoms with van der Waals surface area (Å²) < 4.78 is 12.5. The molecule has 0 radical (unpaired) electrons. The second-order valence-corrected chi connectivity index (χ2v) is 7.08. The minimum atomic E-state index is -0.555. The van der Waals surface area contributed by atoms with E-state index in [1.807, 2.05) is 25.1 Å². The Bertz CT molecular complexity index is 1100. The lowest BCUT2D eigenvalue weighted by Crippen LogP contribution is -2.43. The molecule has 8 heteroatoms. The zero-order valence-corrected chi connectivity index (χ0v) is 17.3. The van der Waals surface area contributed by atoms with Crippen molar-refractivity contribution in [2.45, 2.75) is 13.1 Å². The molecule has 0 saturated carbocycles. The largest absolute Gasteiger partial charge is 0.497 e. The predicted octanol–water partition coefficient (Wildman–Crippen LogP) is 4.17. The van der Waals surface area contributed by atoms with Crippen molar-refractivity contribution in [3.63, 3.8) is 0 Å². The summed E-state index contributed by atoms with van der Waals surface area (Å²) in [6.45, 7) is 1.87. The first-order valence-electron chi connectivity index (χ1n) is 9.06. The van der Waals surface area contributed by atoms with E-state index >= 15 is 0 Å². The molecular weight excluding hydrogens is 392 g/mol. The summed E-state index contributed by atoms with van der Waals surface area (Å²) in [5.74, 6) is 0.990. The van der Waals surface area contributed by atoms with E-state index in [9.17, 15) is 4.79 Å². The highest BCUT2D eigenvalue weighted by Crippen LogP contribution is 2.43. The van der Waals surface area contributed by atoms with Gasteiger partial charge in [-0.15, -0.1) is 0 Å². The molecule has 2 heterocycles. The molecule has 0 spiro atoms. The van der Waals surface area contributed by atoms with Crippen molar-refractivity contribution in [2.24, 2.45) is 7.05 Å². The lowest BCUT2D eigenvalue weighted by molar-refractivity contribution is 0.0974. The standard InChI is InChI=1S/C21H21ClN4O3/c1-12-18(19(22)25(2)24-12)20-23-15-8-6-5-7-14(15)21(27)26(20)16-10-9-13(28-3)11-17(16)29-4/h5-11,20,23H,1-4H3/t20-/m0/s1. The van der Waals surface area contributed by atoms with Crippen LogP contribution in [0, 0.1) is 6.92 Å². The third-order valence-corrected chi connectivity index (χ3v) is 5.49. The Morgan fingerprint density at radius 2 is 1.90 bits per heavy atom. The summed E-state index contributed by atoms with van der Waals surface area (Å²) in [6, 6.07) is 12.7. The van der Waals surface area contributed by atoms with E-state index in [0.29, 0.717) is 27.9 Å². The van der Waals surface area contributed by atoms with E-state index in [4.69, 9.17) is 21.1 Å². The summed E-state index contributed by atoms with van der Waals surface area (Å²) in [4.78, 5) is 15.2. The molecule has 1 atom stereocenters. The van der Waals surface area contributed by atoms with E-state index in [1.54, 1.807) is 55.1 Å². The van der Waals surface area contributed by atoms with Crippen LogP contribution in [0.3, 0.4) is 0 Å². The Balaban J connectivity index is 1.94. The van der Waals surface area contributed by atoms with Crippen LogP contribution in [0.25, 0.3) is 0 Å². The number of aryl methyl sites for hydroxylation is 2. The summed E-state index contributed by atoms with van der Waals surface area (Å²) in [6.07, 6.45) is -0.555. The van der Waals surface area contributed by atoms with Crippen LogP contribution < -0.4 is 19.7 Å². The number of carbonyl (C=O) groups excluding carboxylic acids is 1. The van der Waals surface area contributed by atoms with Crippen molar-refractivity contribution in [2.75, 3.05) is 24.4 Å². The molecule has 1 aliphatic rings. The monoisotopic (exact) mass is 412 g/mol. The van der Waals surface area contributed by atoms with Gasteiger partial charge in [-0.25, -0.2) is 0 Å². The number of nitrogens with one attached hydrogen (secondary N) is 1. The topological polar surface area (TPSA) is 68.6 Å². The van der Waals surface area contributed by atoms with Gasteiger partial charge in [0.25, 0.3) is 5.91 Å². The molecule has 7 nitrogen and oxygen atoms in total. The van der Waals surface area contributed by atoms with Crippen molar-refractivity contribution in [1.29, 1.82) is 0 Å². The molecule has 29 heavy (non-hydrogen) atoms. The maximum absolute atomic E-state index is 13.6. The number of nitrogens with zero attached hydrogens (tertiary/aromatic N) is 3. The molecule has 4 rings (SSSR count). The second-order valence-electron chi connectivity index (χ2n) is 6.72. The van der Waals surface area contributed by atoms with Crippen LogP contribution in [0.5, 0.6) is 11.5 Å². The third kappa shape index (κ3) is 3.07. The molecule has 1 amide bonds. The number of carbonyl (C=O) groups is 1. The Labute approximate surface area is 173 Å². The number of aromatic nitrogens is 2. The number of hydrogen-bond acceptors (Lipinski definition) is 5. The van der Waals surface area contributed by atoms with Gasteiger partial charge in [0.1, 0.15) is 22.8 Å². The van der Waals surface area contributed by atoms with Gasteiger partial charge < -0.3 is 14.8 Å². The van der Waals surface area contributed by atoms with Gasteiger partial charge in [0, 0.05) is 18.8 Å². The Kier molecular flexibility index (Phi) is 4.84. The smallest absolute Gasteiger partial charge is 0.262 e. The number of ether oxygens (including phenoxy) is 2. The average molecular weight is 413 g/mol. The normalized spacial score (nSPS) is 15.7. The Hall–Kier alpha value is -3.19. The van der Waals surface area contributed by atoms with E-state index in [1.165, 1.54) is 0 Å². The van der Waals surface area contributed by atoms with Crippen LogP contribution in [0.2, 0.25) is 5.15 Å². The van der Waals surface area contributed by atoms with Crippen molar-refractivity contribution in [3.8, 4) is 11.5 Å². The zero-order chi connectivity index (χ0) is 20.7. The number of amides is 1. The van der Waals surface area contributed by atoms with Gasteiger partial charge in [-0.1, -0.05) is 23.7 Å². The summed E-state index contributed by atoms with van der Waals surface area (Å²) in [7, 11) is 4.92. The number of fused-ring (bicyclic) bond motifs is 1. The highest BCUT2D eigenvalue weighted by Gasteiger charge is 2.38. The maximum atomic E-state index is 13.6. The molecule has 0 saturated heterocycles. The quantitative estimate of drug-likeness (QED) is 0.696. The highest BCUT2D eigenvalue weighted by molar-refractivity contribution is 6.30. The van der Waals surface area contributed by atoms with Gasteiger partial charge in [-0.05, 0) is 31.2 Å². The van der Waals surface area contributed by atoms with E-state index in [0.717, 1.165) is 16.9 Å². The first kappa shape index (κ1) is 19.1. The van der Waals surface area contributed by atoms with Crippen LogP contribution in [0.4, 0.5) is 11.4 Å². The lowest BCUT2D eigenvalue weighted by atomic mass is 10.0. The fraction of sp³-hybridized carbons (Fsp3) is 0.238. The highest BCUT2D eigenvalue weighted by atomic mass is 35.5. The number of para-hydroxylation sites is 1. The van der Waals surface area contributed by atoms with Gasteiger partial charge in [-0.2, -0.15) is 5.10 Å². The average Bonchev–Trinajstić information content (AvgIpc) is 2.99. The summed E-state index contributed by atoms with van der Waals surface area (Å²) in [5, 5.41) is 8.33. The first-order chi connectivity index (χ1) is 14.0. The fourth-order valence-electron chi connectivity index (χ4n) is 3.65. The van der Waals surface area contributed by atoms with Gasteiger partial charge >= 0.3 is 0 Å². The van der Waals surface area contributed by atoms with Gasteiger partial charge in [0.05, 0.1) is 36.7 Å². The molecule has 1 aromatic heterocycles. The summed E-state index contributed by atoms with van der Waals surface area (Å²) in [5.41, 5.74) is 3.38. The van der Waals surface area contributed by atoms with Crippen LogP contribution in [0.15, 0.2) is 42.5 Å². The first-order valence-corrected chi connectivity index (χ1v) is 9.44. The predicted molar refractivity (Wildman–Crippen MR) is 112 cm³/mol. The van der Waals surface area contributed by atoms with Crippen LogP contribution >= 0.6 is 11.6 Å². The molecule has 0 fully saturated rings. The molecule has 0 aliphatic carbocycles. The number of hydrogen-bond donors (Lipinski definition) is 1. The number of halogens is 1. The number of benzene rings is 2. The second kappa shape index (κ2) is 7.33. The molecular formula is C21H21ClN4O3. The van der Waals surface area contributed by atoms with Crippen molar-refractivity contribution >= 4 is 28.9 Å². The molecule has 0 bridgehead atoms. The molecule has 0 unspecified atom stereocenters. The molecule has 150 valence electrons. The van der Waals surface area contributed by atoms with Crippen molar-refractivity contribution in [1.82, 2.24) is 9.78 Å². The minimum Gasteiger partial charge on any atom is -0.497 e. The zero-order valence-electron chi connectivity index (χ0n) is 16.6. The van der Waals surface area contributed by atoms with E-state index in [2.05, 4.69) is 10.4 Å². The SMILES string of the molecule is COc1ccc(N2C(=O)c3ccccc3N[C@@H]2c2c(C)nn(C)c2Cl)c(OC)c1. The van der Waals surface area contributed by atoms with E-state index < -0.39 is 6.17 Å². The molecule has 1 aliphatic heterocycles.